The molecule has 4 aromatic rings. The smallest absolute Gasteiger partial charge is 0.201 e. The molecule has 0 saturated heterocycles. The van der Waals surface area contributed by atoms with E-state index in [-0.39, 0.29) is 23.5 Å². The highest BCUT2D eigenvalue weighted by Crippen LogP contribution is 2.49. The van der Waals surface area contributed by atoms with Crippen molar-refractivity contribution in [3.8, 4) is 46.0 Å². The molecule has 6 bridgehead atoms. The average Bonchev–Trinajstić information content (AvgIpc) is 3.01. The van der Waals surface area contributed by atoms with Crippen molar-refractivity contribution >= 4 is 0 Å². The molecule has 0 fully saturated rings. The number of hydrogen-bond acceptors (Lipinski definition) is 8. The Morgan fingerprint density at radius 2 is 1.55 bits per heavy atom. The van der Waals surface area contributed by atoms with Crippen LogP contribution < -0.4 is 18.9 Å². The van der Waals surface area contributed by atoms with Crippen LogP contribution in [0.3, 0.4) is 0 Å². The van der Waals surface area contributed by atoms with E-state index >= 15 is 0 Å². The Morgan fingerprint density at radius 3 is 2.32 bits per heavy atom. The number of aromatic hydroxyl groups is 2. The van der Waals surface area contributed by atoms with Crippen LogP contribution in [-0.2, 0) is 25.8 Å². The Balaban J connectivity index is 1.41. The number of phenols is 2. The first-order valence-electron chi connectivity index (χ1n) is 15.1. The summed E-state index contributed by atoms with van der Waals surface area (Å²) in [5.74, 6) is 3.12. The van der Waals surface area contributed by atoms with Crippen LogP contribution in [0, 0.1) is 0 Å². The number of benzene rings is 4. The molecule has 4 aliphatic rings. The summed E-state index contributed by atoms with van der Waals surface area (Å²) >= 11 is 0. The maximum Gasteiger partial charge on any atom is 0.201 e. The van der Waals surface area contributed by atoms with E-state index in [0.717, 1.165) is 42.6 Å². The van der Waals surface area contributed by atoms with E-state index in [1.165, 1.54) is 16.7 Å². The van der Waals surface area contributed by atoms with Crippen molar-refractivity contribution in [1.82, 2.24) is 9.80 Å². The van der Waals surface area contributed by atoms with Gasteiger partial charge in [-0.05, 0) is 104 Å². The van der Waals surface area contributed by atoms with E-state index in [1.54, 1.807) is 20.3 Å². The molecule has 8 nitrogen and oxygen atoms in total. The SMILES string of the molecule is COc1cc2c3cc1Oc1cc(ccc1O)C[C@H]1CN(C)Cc4cc(OC)c(O)c(c41)Oc1ccc(cc1)C[C@H]3N(C)CC2. The maximum atomic E-state index is 11.4. The predicted octanol–water partition coefficient (Wildman–Crippen LogP) is 6.56. The number of ether oxygens (including phenoxy) is 4. The van der Waals surface area contributed by atoms with Gasteiger partial charge in [-0.2, -0.15) is 0 Å². The van der Waals surface area contributed by atoms with E-state index < -0.39 is 0 Å². The zero-order valence-corrected chi connectivity index (χ0v) is 25.6. The number of nitrogens with zero attached hydrogens (tertiary/aromatic N) is 2. The first-order valence-corrected chi connectivity index (χ1v) is 15.1. The molecule has 0 saturated carbocycles. The Labute approximate surface area is 258 Å². The summed E-state index contributed by atoms with van der Waals surface area (Å²) in [6.07, 6.45) is 2.35. The second-order valence-electron chi connectivity index (χ2n) is 12.2. The minimum absolute atomic E-state index is 0.000631. The second kappa shape index (κ2) is 11.3. The second-order valence-corrected chi connectivity index (χ2v) is 12.2. The molecule has 228 valence electrons. The van der Waals surface area contributed by atoms with Gasteiger partial charge in [-0.3, -0.25) is 4.90 Å². The molecule has 0 radical (unpaired) electrons. The summed E-state index contributed by atoms with van der Waals surface area (Å²) in [6.45, 7) is 2.40. The summed E-state index contributed by atoms with van der Waals surface area (Å²) in [5.41, 5.74) is 6.60. The van der Waals surface area contributed by atoms with E-state index in [0.29, 0.717) is 47.5 Å². The highest BCUT2D eigenvalue weighted by molar-refractivity contribution is 5.62. The molecule has 2 N–H and O–H groups in total. The molecule has 8 rings (SSSR count). The lowest BCUT2D eigenvalue weighted by Crippen LogP contribution is -2.33. The van der Waals surface area contributed by atoms with Crippen molar-refractivity contribution in [3.63, 3.8) is 0 Å². The predicted molar refractivity (Wildman–Crippen MR) is 168 cm³/mol. The standard InChI is InChI=1S/C36H38N2O6/c1-37-19-24-13-22-7-10-29(39)30(15-22)44-32-18-27-23(16-31(32)41-3)11-12-38(2)28(27)14-21-5-8-26(9-6-21)43-36-34(24)25(20-37)17-33(42-4)35(36)40/h5-10,15-18,24,28,39-40H,11-14,19-20H2,1-4H3/t24-,28+/m0/s1. The molecule has 4 heterocycles. The number of fused-ring (bicyclic) bond motifs is 2. The summed E-state index contributed by atoms with van der Waals surface area (Å²) in [5, 5.41) is 22.3. The Kier molecular flexibility index (Phi) is 7.26. The van der Waals surface area contributed by atoms with Gasteiger partial charge in [0.05, 0.1) is 14.2 Å². The van der Waals surface area contributed by atoms with Crippen molar-refractivity contribution in [1.29, 1.82) is 0 Å². The average molecular weight is 595 g/mol. The summed E-state index contributed by atoms with van der Waals surface area (Å²) < 4.78 is 24.3. The molecule has 4 aromatic carbocycles. The number of phenolic OH excluding ortho intramolecular Hbond substituents is 2. The van der Waals surface area contributed by atoms with Gasteiger partial charge in [0.2, 0.25) is 5.75 Å². The minimum Gasteiger partial charge on any atom is -0.504 e. The first kappa shape index (κ1) is 28.4. The van der Waals surface area contributed by atoms with Gasteiger partial charge in [0.25, 0.3) is 0 Å². The van der Waals surface area contributed by atoms with Crippen LogP contribution in [0.5, 0.6) is 46.0 Å². The normalized spacial score (nSPS) is 19.6. The van der Waals surface area contributed by atoms with Crippen LogP contribution in [0.15, 0.2) is 60.7 Å². The fourth-order valence-corrected chi connectivity index (χ4v) is 7.06. The van der Waals surface area contributed by atoms with Crippen molar-refractivity contribution in [2.24, 2.45) is 0 Å². The minimum atomic E-state index is -0.00375. The molecule has 0 unspecified atom stereocenters. The molecule has 44 heavy (non-hydrogen) atoms. The number of likely N-dealkylation sites (N-methyl/N-ethyl adjacent to an activating group) is 2. The fourth-order valence-electron chi connectivity index (χ4n) is 7.06. The fraction of sp³-hybridized carbons (Fsp3) is 0.333. The van der Waals surface area contributed by atoms with Gasteiger partial charge in [-0.25, -0.2) is 0 Å². The van der Waals surface area contributed by atoms with Crippen molar-refractivity contribution in [2.45, 2.75) is 37.8 Å². The molecule has 0 aromatic heterocycles. The number of rotatable bonds is 2. The molecule has 4 aliphatic heterocycles. The first-order chi connectivity index (χ1) is 21.3. The quantitative estimate of drug-likeness (QED) is 0.270. The topological polar surface area (TPSA) is 83.9 Å². The van der Waals surface area contributed by atoms with Gasteiger partial charge in [-0.1, -0.05) is 18.2 Å². The monoisotopic (exact) mass is 594 g/mol. The summed E-state index contributed by atoms with van der Waals surface area (Å²) in [6, 6.07) is 19.9. The van der Waals surface area contributed by atoms with Gasteiger partial charge >= 0.3 is 0 Å². The third-order valence-corrected chi connectivity index (χ3v) is 9.29. The number of methoxy groups -OCH3 is 2. The highest BCUT2D eigenvalue weighted by Gasteiger charge is 2.32. The molecule has 0 amide bonds. The number of hydrogen-bond donors (Lipinski definition) is 2. The molecule has 2 atom stereocenters. The lowest BCUT2D eigenvalue weighted by molar-refractivity contribution is 0.228. The van der Waals surface area contributed by atoms with E-state index in [1.807, 2.05) is 30.3 Å². The lowest BCUT2D eigenvalue weighted by atomic mass is 9.84. The highest BCUT2D eigenvalue weighted by atomic mass is 16.5. The summed E-state index contributed by atoms with van der Waals surface area (Å²) in [4.78, 5) is 4.63. The van der Waals surface area contributed by atoms with Crippen molar-refractivity contribution < 1.29 is 29.2 Å². The van der Waals surface area contributed by atoms with E-state index in [2.05, 4.69) is 48.2 Å². The van der Waals surface area contributed by atoms with Crippen LogP contribution in [0.4, 0.5) is 0 Å². The third kappa shape index (κ3) is 5.08. The Morgan fingerprint density at radius 1 is 0.795 bits per heavy atom. The molecule has 0 aliphatic carbocycles. The Bertz CT molecular complexity index is 1720. The van der Waals surface area contributed by atoms with Gasteiger partial charge in [-0.15, -0.1) is 0 Å². The Hall–Kier alpha value is -4.40. The van der Waals surface area contributed by atoms with Gasteiger partial charge in [0.1, 0.15) is 5.75 Å². The largest absolute Gasteiger partial charge is 0.504 e. The van der Waals surface area contributed by atoms with Crippen LogP contribution in [-0.4, -0.2) is 61.4 Å². The molecular formula is C36H38N2O6. The molecular weight excluding hydrogens is 556 g/mol. The lowest BCUT2D eigenvalue weighted by Gasteiger charge is -2.35. The molecule has 0 spiro atoms. The van der Waals surface area contributed by atoms with Gasteiger partial charge < -0.3 is 34.1 Å². The zero-order chi connectivity index (χ0) is 30.5. The van der Waals surface area contributed by atoms with Crippen molar-refractivity contribution in [3.05, 3.63) is 94.0 Å². The van der Waals surface area contributed by atoms with Gasteiger partial charge in [0.15, 0.2) is 34.5 Å². The maximum absolute atomic E-state index is 11.4. The van der Waals surface area contributed by atoms with E-state index in [9.17, 15) is 10.2 Å². The van der Waals surface area contributed by atoms with Gasteiger partial charge in [0, 0.05) is 37.2 Å². The van der Waals surface area contributed by atoms with Crippen LogP contribution in [0.25, 0.3) is 0 Å². The van der Waals surface area contributed by atoms with E-state index in [4.69, 9.17) is 18.9 Å². The van der Waals surface area contributed by atoms with Crippen molar-refractivity contribution in [2.75, 3.05) is 41.4 Å². The van der Waals surface area contributed by atoms with Crippen LogP contribution in [0.2, 0.25) is 0 Å². The van der Waals surface area contributed by atoms with Crippen LogP contribution >= 0.6 is 0 Å². The van der Waals surface area contributed by atoms with Crippen LogP contribution in [0.1, 0.15) is 45.3 Å². The molecule has 8 heteroatoms. The third-order valence-electron chi connectivity index (χ3n) is 9.29. The zero-order valence-electron chi connectivity index (χ0n) is 25.6. The summed E-state index contributed by atoms with van der Waals surface area (Å²) in [7, 11) is 7.45.